The zero-order valence-electron chi connectivity index (χ0n) is 19.3. The van der Waals surface area contributed by atoms with Crippen molar-refractivity contribution in [3.8, 4) is 0 Å². The monoisotopic (exact) mass is 556 g/mol. The molecule has 0 radical (unpaired) electrons. The third kappa shape index (κ3) is 8.23. The summed E-state index contributed by atoms with van der Waals surface area (Å²) in [5.41, 5.74) is 3.84. The minimum Gasteiger partial charge on any atom is -0.369 e. The summed E-state index contributed by atoms with van der Waals surface area (Å²) in [4.78, 5) is 15.3. The number of hydrogen-bond acceptors (Lipinski definition) is 5. The highest BCUT2D eigenvalue weighted by Gasteiger charge is 2.16. The second-order valence-electron chi connectivity index (χ2n) is 7.95. The maximum atomic E-state index is 4.60. The lowest BCUT2D eigenvalue weighted by Crippen LogP contribution is -2.47. The highest BCUT2D eigenvalue weighted by atomic mass is 127. The number of hydrogen-bond donors (Lipinski definition) is 2. The van der Waals surface area contributed by atoms with E-state index < -0.39 is 0 Å². The Labute approximate surface area is 208 Å². The molecule has 2 N–H and O–H groups in total. The quantitative estimate of drug-likeness (QED) is 0.225. The third-order valence-electron chi connectivity index (χ3n) is 5.61. The van der Waals surface area contributed by atoms with E-state index in [9.17, 15) is 0 Å². The fraction of sp³-hybridized carbons (Fsp3) is 0.565. The van der Waals surface area contributed by atoms with Crippen molar-refractivity contribution in [2.24, 2.45) is 4.99 Å². The number of rotatable bonds is 8. The van der Waals surface area contributed by atoms with E-state index in [0.717, 1.165) is 70.3 Å². The van der Waals surface area contributed by atoms with E-state index >= 15 is 0 Å². The molecule has 1 aliphatic rings. The van der Waals surface area contributed by atoms with E-state index in [0.29, 0.717) is 0 Å². The van der Waals surface area contributed by atoms with Gasteiger partial charge in [0.1, 0.15) is 0 Å². The number of halogens is 1. The van der Waals surface area contributed by atoms with Gasteiger partial charge in [-0.15, -0.1) is 35.3 Å². The van der Waals surface area contributed by atoms with E-state index in [4.69, 9.17) is 0 Å². The Morgan fingerprint density at radius 3 is 2.48 bits per heavy atom. The molecule has 1 saturated heterocycles. The molecule has 0 atom stereocenters. The normalized spacial score (nSPS) is 15.0. The smallest absolute Gasteiger partial charge is 0.190 e. The maximum Gasteiger partial charge on any atom is 0.190 e. The van der Waals surface area contributed by atoms with Crippen LogP contribution in [0.5, 0.6) is 0 Å². The number of nitrogens with zero attached hydrogens (tertiary/aromatic N) is 4. The summed E-state index contributed by atoms with van der Waals surface area (Å²) in [6, 6.07) is 8.83. The molecule has 0 bridgehead atoms. The van der Waals surface area contributed by atoms with Gasteiger partial charge in [-0.25, -0.2) is 4.98 Å². The third-order valence-corrected chi connectivity index (χ3v) is 6.74. The average molecular weight is 557 g/mol. The summed E-state index contributed by atoms with van der Waals surface area (Å²) in [5.74, 6) is 0.879. The van der Waals surface area contributed by atoms with Crippen LogP contribution in [-0.4, -0.2) is 68.7 Å². The highest BCUT2D eigenvalue weighted by Crippen LogP contribution is 2.18. The molecule has 0 saturated carbocycles. The summed E-state index contributed by atoms with van der Waals surface area (Å²) in [6.45, 7) is 13.8. The number of aryl methyl sites for hydroxylation is 3. The molecule has 0 aliphatic carbocycles. The lowest BCUT2D eigenvalue weighted by Gasteiger charge is -2.36. The van der Waals surface area contributed by atoms with Crippen molar-refractivity contribution in [1.29, 1.82) is 0 Å². The van der Waals surface area contributed by atoms with Gasteiger partial charge < -0.3 is 15.5 Å². The van der Waals surface area contributed by atoms with Crippen molar-refractivity contribution < 1.29 is 0 Å². The zero-order valence-corrected chi connectivity index (χ0v) is 22.4. The minimum atomic E-state index is 0. The maximum absolute atomic E-state index is 4.60. The van der Waals surface area contributed by atoms with Crippen LogP contribution in [0.15, 0.2) is 29.3 Å². The number of aromatic nitrogens is 1. The molecule has 2 aromatic rings. The van der Waals surface area contributed by atoms with Crippen molar-refractivity contribution >= 4 is 47.0 Å². The molecule has 1 aromatic heterocycles. The average Bonchev–Trinajstić information content (AvgIpc) is 3.07. The Balaban J connectivity index is 0.00000341. The van der Waals surface area contributed by atoms with Gasteiger partial charge in [-0.05, 0) is 51.4 Å². The Bertz CT molecular complexity index is 810. The summed E-state index contributed by atoms with van der Waals surface area (Å²) in [5, 5.41) is 8.03. The lowest BCUT2D eigenvalue weighted by molar-refractivity contribution is 0.255. The van der Waals surface area contributed by atoms with Crippen LogP contribution in [0.1, 0.15) is 27.6 Å². The van der Waals surface area contributed by atoms with Crippen LogP contribution in [0.2, 0.25) is 0 Å². The Morgan fingerprint density at radius 1 is 1.10 bits per heavy atom. The molecule has 1 fully saturated rings. The van der Waals surface area contributed by atoms with E-state index in [1.165, 1.54) is 21.1 Å². The molecule has 8 heteroatoms. The van der Waals surface area contributed by atoms with E-state index in [1.807, 2.05) is 7.05 Å². The molecule has 1 aliphatic heterocycles. The van der Waals surface area contributed by atoms with Crippen LogP contribution in [0.3, 0.4) is 0 Å². The molecular weight excluding hydrogens is 519 g/mol. The van der Waals surface area contributed by atoms with Crippen molar-refractivity contribution in [2.75, 3.05) is 57.8 Å². The van der Waals surface area contributed by atoms with Gasteiger partial charge in [0.15, 0.2) is 5.96 Å². The summed E-state index contributed by atoms with van der Waals surface area (Å²) < 4.78 is 0. The van der Waals surface area contributed by atoms with E-state index in [2.05, 4.69) is 75.4 Å². The second-order valence-corrected chi connectivity index (χ2v) is 9.23. The molecule has 3 rings (SSSR count). The van der Waals surface area contributed by atoms with Gasteiger partial charge in [0.2, 0.25) is 0 Å². The second kappa shape index (κ2) is 13.2. The van der Waals surface area contributed by atoms with Gasteiger partial charge in [-0.3, -0.25) is 9.89 Å². The van der Waals surface area contributed by atoms with Crippen molar-refractivity contribution in [1.82, 2.24) is 20.5 Å². The number of guanidine groups is 1. The SMILES string of the molecule is CN=C(NCCCN1CCN(c2cccc(C)c2)CC1)NCCc1nc(C)c(C)s1.I. The fourth-order valence-electron chi connectivity index (χ4n) is 3.72. The fourth-order valence-corrected chi connectivity index (χ4v) is 4.65. The molecular formula is C23H37IN6S. The molecule has 6 nitrogen and oxygen atoms in total. The molecule has 172 valence electrons. The molecule has 31 heavy (non-hydrogen) atoms. The Hall–Kier alpha value is -1.39. The number of piperazine rings is 1. The first-order valence-corrected chi connectivity index (χ1v) is 11.8. The number of nitrogens with one attached hydrogen (secondary N) is 2. The molecule has 1 aromatic carbocycles. The van der Waals surface area contributed by atoms with Crippen LogP contribution in [-0.2, 0) is 6.42 Å². The van der Waals surface area contributed by atoms with Crippen LogP contribution >= 0.6 is 35.3 Å². The first-order valence-electron chi connectivity index (χ1n) is 11.0. The van der Waals surface area contributed by atoms with E-state index in [-0.39, 0.29) is 24.0 Å². The number of aliphatic imine (C=N–C) groups is 1. The first-order chi connectivity index (χ1) is 14.5. The highest BCUT2D eigenvalue weighted by molar-refractivity contribution is 14.0. The van der Waals surface area contributed by atoms with Gasteiger partial charge in [-0.2, -0.15) is 0 Å². The summed E-state index contributed by atoms with van der Waals surface area (Å²) in [7, 11) is 1.83. The van der Waals surface area contributed by atoms with Gasteiger partial charge in [-0.1, -0.05) is 12.1 Å². The predicted octanol–water partition coefficient (Wildman–Crippen LogP) is 3.61. The molecule has 0 spiro atoms. The summed E-state index contributed by atoms with van der Waals surface area (Å²) in [6.07, 6.45) is 2.06. The first kappa shape index (κ1) is 25.9. The van der Waals surface area contributed by atoms with Crippen LogP contribution in [0.4, 0.5) is 5.69 Å². The molecule has 2 heterocycles. The van der Waals surface area contributed by atoms with E-state index in [1.54, 1.807) is 11.3 Å². The van der Waals surface area contributed by atoms with Crippen LogP contribution in [0.25, 0.3) is 0 Å². The topological polar surface area (TPSA) is 55.8 Å². The zero-order chi connectivity index (χ0) is 21.3. The number of benzene rings is 1. The van der Waals surface area contributed by atoms with Crippen molar-refractivity contribution in [2.45, 2.75) is 33.6 Å². The van der Waals surface area contributed by atoms with Gasteiger partial charge in [0, 0.05) is 63.3 Å². The number of anilines is 1. The van der Waals surface area contributed by atoms with Gasteiger partial charge in [0.05, 0.1) is 10.7 Å². The standard InChI is InChI=1S/C23H36N6S.HI/c1-18-7-5-8-21(17-18)29-15-13-28(14-16-29)12-6-10-25-23(24-4)26-11-9-22-27-19(2)20(3)30-22;/h5,7-8,17H,6,9-16H2,1-4H3,(H2,24,25,26);1H. The van der Waals surface area contributed by atoms with Crippen LogP contribution in [0, 0.1) is 20.8 Å². The predicted molar refractivity (Wildman–Crippen MR) is 145 cm³/mol. The minimum absolute atomic E-state index is 0. The van der Waals surface area contributed by atoms with Crippen LogP contribution < -0.4 is 15.5 Å². The Morgan fingerprint density at radius 2 is 1.84 bits per heavy atom. The number of thiazole rings is 1. The molecule has 0 unspecified atom stereocenters. The summed E-state index contributed by atoms with van der Waals surface area (Å²) >= 11 is 1.79. The lowest BCUT2D eigenvalue weighted by atomic mass is 10.2. The molecule has 0 amide bonds. The van der Waals surface area contributed by atoms with Gasteiger partial charge in [0.25, 0.3) is 0 Å². The largest absolute Gasteiger partial charge is 0.369 e. The Kier molecular flexibility index (Phi) is 11.0. The van der Waals surface area contributed by atoms with Gasteiger partial charge >= 0.3 is 0 Å². The van der Waals surface area contributed by atoms with Crippen molar-refractivity contribution in [3.05, 3.63) is 45.4 Å². The van der Waals surface area contributed by atoms with Crippen molar-refractivity contribution in [3.63, 3.8) is 0 Å².